The number of rotatable bonds is 3. The molecule has 0 aliphatic carbocycles. The van der Waals surface area contributed by atoms with Crippen LogP contribution < -0.4 is 0 Å². The molecule has 22 heavy (non-hydrogen) atoms. The second kappa shape index (κ2) is 6.31. The van der Waals surface area contributed by atoms with Crippen LogP contribution in [0.3, 0.4) is 0 Å². The van der Waals surface area contributed by atoms with E-state index in [9.17, 15) is 5.11 Å². The smallest absolute Gasteiger partial charge is 0.173 e. The van der Waals surface area contributed by atoms with E-state index in [1.165, 1.54) is 0 Å². The maximum absolute atomic E-state index is 9.73. The van der Waals surface area contributed by atoms with Gasteiger partial charge in [0.25, 0.3) is 0 Å². The number of hydrogen-bond donors (Lipinski definition) is 1. The molecular weight excluding hydrogens is 345 g/mol. The summed E-state index contributed by atoms with van der Waals surface area (Å²) in [7, 11) is 0. The van der Waals surface area contributed by atoms with Crippen LogP contribution in [-0.4, -0.2) is 10.3 Å². The molecule has 6 heteroatoms. The summed E-state index contributed by atoms with van der Waals surface area (Å²) in [6.45, 7) is -0.247. The second-order valence-electron chi connectivity index (χ2n) is 4.63. The standard InChI is InChI=1S/C16H10Cl3NO2/c17-10-3-1-2-9(6-10)16-13(8-21)15(20-22-16)12-7-11(18)4-5-14(12)19/h1-7,21H,8H2. The molecule has 0 atom stereocenters. The fourth-order valence-electron chi connectivity index (χ4n) is 2.20. The van der Waals surface area contributed by atoms with Gasteiger partial charge < -0.3 is 9.63 Å². The Balaban J connectivity index is 2.17. The Bertz CT molecular complexity index is 830. The molecule has 1 N–H and O–H groups in total. The third kappa shape index (κ3) is 2.85. The zero-order valence-electron chi connectivity index (χ0n) is 11.2. The van der Waals surface area contributed by atoms with Crippen molar-refractivity contribution in [2.45, 2.75) is 6.61 Å². The molecule has 0 aliphatic heterocycles. The normalized spacial score (nSPS) is 10.9. The molecule has 2 aromatic carbocycles. The quantitative estimate of drug-likeness (QED) is 0.679. The number of halogens is 3. The molecule has 0 unspecified atom stereocenters. The molecule has 3 rings (SSSR count). The Morgan fingerprint density at radius 2 is 1.77 bits per heavy atom. The predicted molar refractivity (Wildman–Crippen MR) is 88.3 cm³/mol. The van der Waals surface area contributed by atoms with Gasteiger partial charge in [-0.1, -0.05) is 52.1 Å². The van der Waals surface area contributed by atoms with E-state index in [0.29, 0.717) is 37.6 Å². The lowest BCUT2D eigenvalue weighted by molar-refractivity contribution is 0.281. The fourth-order valence-corrected chi connectivity index (χ4v) is 2.77. The van der Waals surface area contributed by atoms with Gasteiger partial charge in [0.1, 0.15) is 5.69 Å². The molecule has 0 amide bonds. The van der Waals surface area contributed by atoms with Crippen LogP contribution in [0.2, 0.25) is 15.1 Å². The summed E-state index contributed by atoms with van der Waals surface area (Å²) in [6.07, 6.45) is 0. The number of aliphatic hydroxyl groups excluding tert-OH is 1. The lowest BCUT2D eigenvalue weighted by Gasteiger charge is -2.04. The van der Waals surface area contributed by atoms with E-state index in [1.807, 2.05) is 6.07 Å². The first kappa shape index (κ1) is 15.4. The van der Waals surface area contributed by atoms with Crippen LogP contribution in [0.5, 0.6) is 0 Å². The van der Waals surface area contributed by atoms with E-state index < -0.39 is 0 Å². The molecule has 3 nitrogen and oxygen atoms in total. The lowest BCUT2D eigenvalue weighted by atomic mass is 10.0. The number of aromatic nitrogens is 1. The van der Waals surface area contributed by atoms with E-state index in [1.54, 1.807) is 36.4 Å². The van der Waals surface area contributed by atoms with Gasteiger partial charge in [0, 0.05) is 21.2 Å². The summed E-state index contributed by atoms with van der Waals surface area (Å²) in [4.78, 5) is 0. The summed E-state index contributed by atoms with van der Waals surface area (Å²) in [5.41, 5.74) is 2.33. The fraction of sp³-hybridized carbons (Fsp3) is 0.0625. The number of aliphatic hydroxyl groups is 1. The maximum Gasteiger partial charge on any atom is 0.173 e. The molecule has 3 aromatic rings. The van der Waals surface area contributed by atoms with E-state index in [2.05, 4.69) is 5.16 Å². The van der Waals surface area contributed by atoms with Gasteiger partial charge in [0.15, 0.2) is 5.76 Å². The van der Waals surface area contributed by atoms with Crippen LogP contribution in [0.1, 0.15) is 5.56 Å². The van der Waals surface area contributed by atoms with Crippen molar-refractivity contribution >= 4 is 34.8 Å². The molecule has 0 bridgehead atoms. The third-order valence-corrected chi connectivity index (χ3v) is 4.02. The van der Waals surface area contributed by atoms with E-state index in [4.69, 9.17) is 39.3 Å². The summed E-state index contributed by atoms with van der Waals surface area (Å²) >= 11 is 18.2. The minimum absolute atomic E-state index is 0.247. The van der Waals surface area contributed by atoms with Crippen LogP contribution >= 0.6 is 34.8 Å². The van der Waals surface area contributed by atoms with Crippen LogP contribution in [0, 0.1) is 0 Å². The van der Waals surface area contributed by atoms with Gasteiger partial charge in [-0.2, -0.15) is 0 Å². The molecule has 0 aliphatic rings. The van der Waals surface area contributed by atoms with Crippen molar-refractivity contribution in [3.63, 3.8) is 0 Å². The minimum atomic E-state index is -0.247. The first-order valence-corrected chi connectivity index (χ1v) is 7.54. The minimum Gasteiger partial charge on any atom is -0.391 e. The van der Waals surface area contributed by atoms with Gasteiger partial charge in [0.05, 0.1) is 17.2 Å². The predicted octanol–water partition coefficient (Wildman–Crippen LogP) is 5.46. The number of benzene rings is 2. The zero-order valence-corrected chi connectivity index (χ0v) is 13.5. The van der Waals surface area contributed by atoms with Crippen LogP contribution in [0.4, 0.5) is 0 Å². The highest BCUT2D eigenvalue weighted by Gasteiger charge is 2.20. The lowest BCUT2D eigenvalue weighted by Crippen LogP contribution is -1.90. The van der Waals surface area contributed by atoms with Gasteiger partial charge in [-0.15, -0.1) is 0 Å². The second-order valence-corrected chi connectivity index (χ2v) is 5.91. The summed E-state index contributed by atoms with van der Waals surface area (Å²) in [5.74, 6) is 0.455. The molecule has 1 aromatic heterocycles. The largest absolute Gasteiger partial charge is 0.391 e. The Hall–Kier alpha value is -1.52. The molecule has 0 fully saturated rings. The Morgan fingerprint density at radius 1 is 1.00 bits per heavy atom. The Labute approximate surface area is 142 Å². The van der Waals surface area contributed by atoms with Crippen molar-refractivity contribution in [2.75, 3.05) is 0 Å². The summed E-state index contributed by atoms with van der Waals surface area (Å²) in [5, 5.41) is 15.3. The third-order valence-electron chi connectivity index (χ3n) is 3.22. The van der Waals surface area contributed by atoms with E-state index >= 15 is 0 Å². The molecule has 0 radical (unpaired) electrons. The van der Waals surface area contributed by atoms with Crippen LogP contribution in [0.15, 0.2) is 47.0 Å². The Morgan fingerprint density at radius 3 is 2.50 bits per heavy atom. The van der Waals surface area contributed by atoms with Crippen molar-refractivity contribution in [1.29, 1.82) is 0 Å². The first-order chi connectivity index (χ1) is 10.6. The monoisotopic (exact) mass is 353 g/mol. The first-order valence-electron chi connectivity index (χ1n) is 6.41. The van der Waals surface area contributed by atoms with Crippen molar-refractivity contribution in [3.05, 3.63) is 63.1 Å². The molecule has 112 valence electrons. The topological polar surface area (TPSA) is 46.3 Å². The van der Waals surface area contributed by atoms with Gasteiger partial charge in [-0.05, 0) is 30.3 Å². The number of hydrogen-bond acceptors (Lipinski definition) is 3. The Kier molecular flexibility index (Phi) is 4.41. The number of nitrogens with zero attached hydrogens (tertiary/aromatic N) is 1. The van der Waals surface area contributed by atoms with Crippen molar-refractivity contribution in [2.24, 2.45) is 0 Å². The van der Waals surface area contributed by atoms with Crippen molar-refractivity contribution in [1.82, 2.24) is 5.16 Å². The van der Waals surface area contributed by atoms with Gasteiger partial charge >= 0.3 is 0 Å². The van der Waals surface area contributed by atoms with Gasteiger partial charge in [-0.25, -0.2) is 0 Å². The zero-order chi connectivity index (χ0) is 15.7. The highest BCUT2D eigenvalue weighted by molar-refractivity contribution is 6.35. The maximum atomic E-state index is 9.73. The molecule has 1 heterocycles. The van der Waals surface area contributed by atoms with Gasteiger partial charge in [-0.3, -0.25) is 0 Å². The SMILES string of the molecule is OCc1c(-c2cc(Cl)ccc2Cl)noc1-c1cccc(Cl)c1. The molecule has 0 saturated heterocycles. The van der Waals surface area contributed by atoms with Crippen molar-refractivity contribution in [3.8, 4) is 22.6 Å². The molecular formula is C16H10Cl3NO2. The van der Waals surface area contributed by atoms with Gasteiger partial charge in [0.2, 0.25) is 0 Å². The van der Waals surface area contributed by atoms with E-state index in [0.717, 1.165) is 5.56 Å². The van der Waals surface area contributed by atoms with Crippen LogP contribution in [-0.2, 0) is 6.61 Å². The average Bonchev–Trinajstić information content (AvgIpc) is 2.93. The summed E-state index contributed by atoms with van der Waals surface area (Å²) < 4.78 is 5.41. The highest BCUT2D eigenvalue weighted by atomic mass is 35.5. The van der Waals surface area contributed by atoms with E-state index in [-0.39, 0.29) is 6.61 Å². The highest BCUT2D eigenvalue weighted by Crippen LogP contribution is 2.37. The molecule has 0 spiro atoms. The van der Waals surface area contributed by atoms with Crippen LogP contribution in [0.25, 0.3) is 22.6 Å². The van der Waals surface area contributed by atoms with Crippen molar-refractivity contribution < 1.29 is 9.63 Å². The average molecular weight is 355 g/mol. The molecule has 0 saturated carbocycles. The summed E-state index contributed by atoms with van der Waals surface area (Å²) in [6, 6.07) is 12.2.